The molecular weight excluding hydrogens is 126 g/mol. The lowest BCUT2D eigenvalue weighted by atomic mass is 10.5. The number of hydrogen-bond acceptors (Lipinski definition) is 3. The van der Waals surface area contributed by atoms with Crippen molar-refractivity contribution in [3.05, 3.63) is 30.6 Å². The summed E-state index contributed by atoms with van der Waals surface area (Å²) in [5.41, 5.74) is 2.43. The van der Waals surface area contributed by atoms with E-state index in [1.165, 1.54) is 0 Å². The number of nitrogens with one attached hydrogen (secondary N) is 1. The molecule has 0 unspecified atom stereocenters. The van der Waals surface area contributed by atoms with E-state index in [0.29, 0.717) is 0 Å². The van der Waals surface area contributed by atoms with Crippen LogP contribution in [0.1, 0.15) is 6.92 Å². The van der Waals surface area contributed by atoms with Gasteiger partial charge < -0.3 is 0 Å². The molecular formula is C7H13N3. The van der Waals surface area contributed by atoms with Gasteiger partial charge in [-0.2, -0.15) is 0 Å². The van der Waals surface area contributed by atoms with Crippen LogP contribution in [0.5, 0.6) is 0 Å². The van der Waals surface area contributed by atoms with Crippen molar-refractivity contribution in [3.63, 3.8) is 0 Å². The Hall–Kier alpha value is -0.930. The summed E-state index contributed by atoms with van der Waals surface area (Å²) in [6, 6.07) is 5.72. The summed E-state index contributed by atoms with van der Waals surface area (Å²) in [5.74, 6) is 4.78. The van der Waals surface area contributed by atoms with Crippen LogP contribution in [0.3, 0.4) is 0 Å². The van der Waals surface area contributed by atoms with Crippen molar-refractivity contribution < 1.29 is 0 Å². The quantitative estimate of drug-likeness (QED) is 0.441. The van der Waals surface area contributed by atoms with Crippen LogP contribution < -0.4 is 11.3 Å². The highest BCUT2D eigenvalue weighted by atomic mass is 15.2. The average molecular weight is 139 g/mol. The molecule has 0 aliphatic rings. The fraction of sp³-hybridized carbons (Fsp3) is 0.286. The summed E-state index contributed by atoms with van der Waals surface area (Å²) in [6.45, 7) is 2.79. The first kappa shape index (κ1) is 9.07. The molecule has 0 aliphatic heterocycles. The van der Waals surface area contributed by atoms with Crippen molar-refractivity contribution >= 4 is 0 Å². The molecule has 0 bridgehead atoms. The molecule has 56 valence electrons. The van der Waals surface area contributed by atoms with Crippen molar-refractivity contribution in [2.75, 3.05) is 6.54 Å². The van der Waals surface area contributed by atoms with Crippen LogP contribution in [0.4, 0.5) is 0 Å². The van der Waals surface area contributed by atoms with Gasteiger partial charge in [0.25, 0.3) is 0 Å². The van der Waals surface area contributed by atoms with Gasteiger partial charge in [-0.15, -0.1) is 0 Å². The number of nitrogens with two attached hydrogens (primary N) is 1. The minimum Gasteiger partial charge on any atom is -0.271 e. The minimum absolute atomic E-state index is 0.847. The normalized spacial score (nSPS) is 7.80. The van der Waals surface area contributed by atoms with E-state index in [1.54, 1.807) is 12.4 Å². The highest BCUT2D eigenvalue weighted by molar-refractivity contribution is 4.88. The molecule has 0 aliphatic carbocycles. The number of nitrogens with zero attached hydrogens (tertiary/aromatic N) is 1. The van der Waals surface area contributed by atoms with Crippen molar-refractivity contribution in [1.82, 2.24) is 10.4 Å². The fourth-order valence-electron chi connectivity index (χ4n) is 0.313. The Morgan fingerprint density at radius 3 is 1.90 bits per heavy atom. The maximum atomic E-state index is 4.78. The number of pyridine rings is 1. The van der Waals surface area contributed by atoms with E-state index in [2.05, 4.69) is 10.4 Å². The second-order valence-corrected chi connectivity index (χ2v) is 1.58. The molecule has 3 heteroatoms. The molecule has 0 saturated carbocycles. The predicted octanol–water partition coefficient (Wildman–Crippen LogP) is 0.551. The van der Waals surface area contributed by atoms with Crippen LogP contribution >= 0.6 is 0 Å². The molecule has 0 radical (unpaired) electrons. The molecule has 0 amide bonds. The van der Waals surface area contributed by atoms with E-state index in [4.69, 9.17) is 5.84 Å². The second-order valence-electron chi connectivity index (χ2n) is 1.58. The number of rotatable bonds is 1. The zero-order valence-corrected chi connectivity index (χ0v) is 6.12. The van der Waals surface area contributed by atoms with Crippen LogP contribution in [0.25, 0.3) is 0 Å². The van der Waals surface area contributed by atoms with E-state index < -0.39 is 0 Å². The van der Waals surface area contributed by atoms with Crippen molar-refractivity contribution in [3.8, 4) is 0 Å². The van der Waals surface area contributed by atoms with Gasteiger partial charge in [0.15, 0.2) is 0 Å². The fourth-order valence-corrected chi connectivity index (χ4v) is 0.313. The Morgan fingerprint density at radius 2 is 1.80 bits per heavy atom. The molecule has 1 aromatic heterocycles. The lowest BCUT2D eigenvalue weighted by molar-refractivity contribution is 0.781. The molecule has 3 nitrogen and oxygen atoms in total. The lowest BCUT2D eigenvalue weighted by Crippen LogP contribution is -2.20. The lowest BCUT2D eigenvalue weighted by Gasteiger charge is -1.77. The van der Waals surface area contributed by atoms with Gasteiger partial charge in [0.05, 0.1) is 0 Å². The SMILES string of the molecule is CCNN.c1ccncc1. The number of aromatic nitrogens is 1. The third-order valence-electron chi connectivity index (χ3n) is 0.771. The van der Waals surface area contributed by atoms with Crippen LogP contribution in [0, 0.1) is 0 Å². The van der Waals surface area contributed by atoms with Gasteiger partial charge in [0.1, 0.15) is 0 Å². The molecule has 0 aromatic carbocycles. The highest BCUT2D eigenvalue weighted by Crippen LogP contribution is 1.73. The third kappa shape index (κ3) is 7.07. The minimum atomic E-state index is 0.847. The Kier molecular flexibility index (Phi) is 7.32. The van der Waals surface area contributed by atoms with Crippen LogP contribution in [0.2, 0.25) is 0 Å². The predicted molar refractivity (Wildman–Crippen MR) is 42.1 cm³/mol. The maximum absolute atomic E-state index is 4.78. The Labute approximate surface area is 61.2 Å². The highest BCUT2D eigenvalue weighted by Gasteiger charge is 1.58. The topological polar surface area (TPSA) is 50.9 Å². The molecule has 10 heavy (non-hydrogen) atoms. The van der Waals surface area contributed by atoms with E-state index in [1.807, 2.05) is 25.1 Å². The summed E-state index contributed by atoms with van der Waals surface area (Å²) in [4.78, 5) is 3.78. The first-order valence-corrected chi connectivity index (χ1v) is 3.20. The maximum Gasteiger partial charge on any atom is 0.0267 e. The molecule has 0 fully saturated rings. The van der Waals surface area contributed by atoms with Crippen molar-refractivity contribution in [2.24, 2.45) is 5.84 Å². The average Bonchev–Trinajstić information content (AvgIpc) is 2.08. The molecule has 1 heterocycles. The first-order valence-electron chi connectivity index (χ1n) is 3.20. The Morgan fingerprint density at radius 1 is 1.30 bits per heavy atom. The van der Waals surface area contributed by atoms with Gasteiger partial charge in [-0.25, -0.2) is 0 Å². The van der Waals surface area contributed by atoms with Crippen LogP contribution in [-0.2, 0) is 0 Å². The van der Waals surface area contributed by atoms with Crippen LogP contribution in [-0.4, -0.2) is 11.5 Å². The summed E-state index contributed by atoms with van der Waals surface area (Å²) < 4.78 is 0. The van der Waals surface area contributed by atoms with Gasteiger partial charge >= 0.3 is 0 Å². The summed E-state index contributed by atoms with van der Waals surface area (Å²) in [6.07, 6.45) is 3.50. The van der Waals surface area contributed by atoms with Gasteiger partial charge in [-0.3, -0.25) is 16.3 Å². The summed E-state index contributed by atoms with van der Waals surface area (Å²) >= 11 is 0. The van der Waals surface area contributed by atoms with Crippen molar-refractivity contribution in [1.29, 1.82) is 0 Å². The molecule has 3 N–H and O–H groups in total. The molecule has 1 rings (SSSR count). The molecule has 0 spiro atoms. The van der Waals surface area contributed by atoms with Gasteiger partial charge in [0, 0.05) is 18.9 Å². The zero-order chi connectivity index (χ0) is 7.66. The van der Waals surface area contributed by atoms with Gasteiger partial charge in [-0.05, 0) is 12.1 Å². The molecule has 0 saturated heterocycles. The first-order chi connectivity index (χ1) is 4.91. The Balaban J connectivity index is 0.000000180. The summed E-state index contributed by atoms with van der Waals surface area (Å²) in [7, 11) is 0. The Bertz CT molecular complexity index is 101. The molecule has 0 atom stereocenters. The monoisotopic (exact) mass is 139 g/mol. The van der Waals surface area contributed by atoms with Gasteiger partial charge in [0.2, 0.25) is 0 Å². The van der Waals surface area contributed by atoms with E-state index in [9.17, 15) is 0 Å². The van der Waals surface area contributed by atoms with E-state index in [0.717, 1.165) is 6.54 Å². The van der Waals surface area contributed by atoms with Gasteiger partial charge in [-0.1, -0.05) is 13.0 Å². The van der Waals surface area contributed by atoms with Crippen LogP contribution in [0.15, 0.2) is 30.6 Å². The zero-order valence-electron chi connectivity index (χ0n) is 6.12. The standard InChI is InChI=1S/C5H5N.C2H8N2/c1-2-4-6-5-3-1;1-2-4-3/h1-5H;4H,2-3H2,1H3. The van der Waals surface area contributed by atoms with Crippen molar-refractivity contribution in [2.45, 2.75) is 6.92 Å². The third-order valence-corrected chi connectivity index (χ3v) is 0.771. The van der Waals surface area contributed by atoms with E-state index in [-0.39, 0.29) is 0 Å². The summed E-state index contributed by atoms with van der Waals surface area (Å²) in [5, 5.41) is 0. The largest absolute Gasteiger partial charge is 0.271 e. The number of hydrazine groups is 1. The second kappa shape index (κ2) is 8.07. The van der Waals surface area contributed by atoms with E-state index >= 15 is 0 Å². The number of hydrogen-bond donors (Lipinski definition) is 2. The smallest absolute Gasteiger partial charge is 0.0267 e. The molecule has 1 aromatic rings.